The summed E-state index contributed by atoms with van der Waals surface area (Å²) in [5, 5.41) is 15.4. The third-order valence-corrected chi connectivity index (χ3v) is 3.72. The molecule has 1 aliphatic heterocycles. The summed E-state index contributed by atoms with van der Waals surface area (Å²) in [6, 6.07) is 6.05. The molecule has 1 aromatic heterocycles. The van der Waals surface area contributed by atoms with Gasteiger partial charge in [0.25, 0.3) is 11.6 Å². The van der Waals surface area contributed by atoms with Crippen molar-refractivity contribution in [3.63, 3.8) is 0 Å². The van der Waals surface area contributed by atoms with Crippen LogP contribution < -0.4 is 14.8 Å². The molecule has 2 heterocycles. The molecule has 0 bridgehead atoms. The number of ether oxygens (including phenoxy) is 2. The highest BCUT2D eigenvalue weighted by Gasteiger charge is 2.23. The second-order valence-corrected chi connectivity index (χ2v) is 5.15. The minimum atomic E-state index is -0.567. The first-order valence-corrected chi connectivity index (χ1v) is 6.96. The lowest BCUT2D eigenvalue weighted by Gasteiger charge is -2.19. The van der Waals surface area contributed by atoms with E-state index in [1.807, 2.05) is 0 Å². The summed E-state index contributed by atoms with van der Waals surface area (Å²) in [5.74, 6) is 0.292. The van der Waals surface area contributed by atoms with E-state index in [2.05, 4.69) is 5.32 Å². The predicted octanol–water partition coefficient (Wildman–Crippen LogP) is 2.68. The zero-order valence-corrected chi connectivity index (χ0v) is 11.5. The van der Waals surface area contributed by atoms with Gasteiger partial charge in [0.1, 0.15) is 18.9 Å². The number of rotatable bonds is 3. The smallest absolute Gasteiger partial charge is 0.296 e. The van der Waals surface area contributed by atoms with Gasteiger partial charge in [-0.05, 0) is 11.4 Å². The Morgan fingerprint density at radius 1 is 1.29 bits per heavy atom. The minimum Gasteiger partial charge on any atom is -0.486 e. The minimum absolute atomic E-state index is 0.0858. The number of benzene rings is 1. The average Bonchev–Trinajstić information content (AvgIpc) is 3.00. The fraction of sp³-hybridized carbons (Fsp3) is 0.154. The molecule has 108 valence electrons. The SMILES string of the molecule is O=C(Nc1cc2c(cc1[N+](=O)[O-])OCCO2)c1cccs1. The van der Waals surface area contributed by atoms with E-state index in [9.17, 15) is 14.9 Å². The fourth-order valence-electron chi connectivity index (χ4n) is 1.92. The summed E-state index contributed by atoms with van der Waals surface area (Å²) >= 11 is 1.26. The van der Waals surface area contributed by atoms with E-state index in [0.29, 0.717) is 29.6 Å². The molecule has 7 nitrogen and oxygen atoms in total. The zero-order valence-electron chi connectivity index (χ0n) is 10.7. The molecular formula is C13H10N2O5S. The highest BCUT2D eigenvalue weighted by molar-refractivity contribution is 7.12. The van der Waals surface area contributed by atoms with Gasteiger partial charge in [-0.2, -0.15) is 0 Å². The van der Waals surface area contributed by atoms with Crippen LogP contribution in [0.25, 0.3) is 0 Å². The molecule has 0 saturated heterocycles. The molecule has 0 unspecified atom stereocenters. The number of nitrogens with zero attached hydrogens (tertiary/aromatic N) is 1. The monoisotopic (exact) mass is 306 g/mol. The van der Waals surface area contributed by atoms with Crippen LogP contribution in [0, 0.1) is 10.1 Å². The Morgan fingerprint density at radius 2 is 2.00 bits per heavy atom. The number of amides is 1. The number of nitro benzene ring substituents is 1. The Labute approximate surface area is 123 Å². The van der Waals surface area contributed by atoms with Gasteiger partial charge < -0.3 is 14.8 Å². The van der Waals surface area contributed by atoms with Crippen molar-refractivity contribution in [1.29, 1.82) is 0 Å². The molecule has 21 heavy (non-hydrogen) atoms. The number of anilines is 1. The van der Waals surface area contributed by atoms with Crippen molar-refractivity contribution in [3.8, 4) is 11.5 Å². The van der Waals surface area contributed by atoms with Crippen molar-refractivity contribution in [1.82, 2.24) is 0 Å². The van der Waals surface area contributed by atoms with Crippen LogP contribution in [0.2, 0.25) is 0 Å². The van der Waals surface area contributed by atoms with Crippen LogP contribution in [0.15, 0.2) is 29.6 Å². The molecule has 0 saturated carbocycles. The number of nitro groups is 1. The van der Waals surface area contributed by atoms with Gasteiger partial charge in [0.2, 0.25) is 0 Å². The van der Waals surface area contributed by atoms with Crippen LogP contribution in [0.5, 0.6) is 11.5 Å². The summed E-state index contributed by atoms with van der Waals surface area (Å²) in [4.78, 5) is 23.1. The van der Waals surface area contributed by atoms with Gasteiger partial charge in [-0.3, -0.25) is 14.9 Å². The number of thiophene rings is 1. The van der Waals surface area contributed by atoms with Crippen molar-refractivity contribution in [2.45, 2.75) is 0 Å². The molecule has 1 aliphatic rings. The fourth-order valence-corrected chi connectivity index (χ4v) is 2.54. The molecule has 0 spiro atoms. The molecule has 8 heteroatoms. The topological polar surface area (TPSA) is 90.7 Å². The lowest BCUT2D eigenvalue weighted by molar-refractivity contribution is -0.384. The molecule has 0 atom stereocenters. The van der Waals surface area contributed by atoms with E-state index < -0.39 is 10.8 Å². The van der Waals surface area contributed by atoms with Gasteiger partial charge in [0, 0.05) is 6.07 Å². The molecule has 1 amide bonds. The second kappa shape index (κ2) is 5.41. The Kier molecular flexibility index (Phi) is 3.44. The van der Waals surface area contributed by atoms with Crippen molar-refractivity contribution < 1.29 is 19.2 Å². The molecular weight excluding hydrogens is 296 g/mol. The van der Waals surface area contributed by atoms with E-state index >= 15 is 0 Å². The van der Waals surface area contributed by atoms with Gasteiger partial charge in [-0.25, -0.2) is 0 Å². The lowest BCUT2D eigenvalue weighted by Crippen LogP contribution is -2.17. The third kappa shape index (κ3) is 2.65. The van der Waals surface area contributed by atoms with Crippen LogP contribution in [0.4, 0.5) is 11.4 Å². The van der Waals surface area contributed by atoms with E-state index in [-0.39, 0.29) is 11.4 Å². The zero-order chi connectivity index (χ0) is 14.8. The number of nitrogens with one attached hydrogen (secondary N) is 1. The van der Waals surface area contributed by atoms with Crippen molar-refractivity contribution in [2.24, 2.45) is 0 Å². The van der Waals surface area contributed by atoms with Crippen LogP contribution in [0.3, 0.4) is 0 Å². The quantitative estimate of drug-likeness (QED) is 0.695. The molecule has 3 rings (SSSR count). The van der Waals surface area contributed by atoms with Gasteiger partial charge >= 0.3 is 0 Å². The van der Waals surface area contributed by atoms with E-state index in [0.717, 1.165) is 0 Å². The van der Waals surface area contributed by atoms with Crippen LogP contribution in [-0.4, -0.2) is 24.0 Å². The summed E-state index contributed by atoms with van der Waals surface area (Å²) < 4.78 is 10.7. The largest absolute Gasteiger partial charge is 0.486 e. The molecule has 1 N–H and O–H groups in total. The van der Waals surface area contributed by atoms with Crippen molar-refractivity contribution in [2.75, 3.05) is 18.5 Å². The number of hydrogen-bond donors (Lipinski definition) is 1. The summed E-state index contributed by atoms with van der Waals surface area (Å²) in [5.41, 5.74) is -0.146. The maximum Gasteiger partial charge on any atom is 0.296 e. The summed E-state index contributed by atoms with van der Waals surface area (Å²) in [6.45, 7) is 0.703. The molecule has 0 radical (unpaired) electrons. The molecule has 0 aliphatic carbocycles. The Balaban J connectivity index is 1.96. The summed E-state index contributed by atoms with van der Waals surface area (Å²) in [6.07, 6.45) is 0. The molecule has 0 fully saturated rings. The van der Waals surface area contributed by atoms with Gasteiger partial charge in [-0.15, -0.1) is 11.3 Å². The first-order chi connectivity index (χ1) is 10.1. The standard InChI is InChI=1S/C13H10N2O5S/c16-13(12-2-1-5-21-12)14-8-6-10-11(20-4-3-19-10)7-9(8)15(17)18/h1-2,5-7H,3-4H2,(H,14,16). The Morgan fingerprint density at radius 3 is 2.62 bits per heavy atom. The third-order valence-electron chi connectivity index (χ3n) is 2.85. The van der Waals surface area contributed by atoms with E-state index in [4.69, 9.17) is 9.47 Å². The molecule has 2 aromatic rings. The number of hydrogen-bond acceptors (Lipinski definition) is 6. The summed E-state index contributed by atoms with van der Waals surface area (Å²) in [7, 11) is 0. The van der Waals surface area contributed by atoms with Crippen LogP contribution >= 0.6 is 11.3 Å². The Hall–Kier alpha value is -2.61. The van der Waals surface area contributed by atoms with Crippen molar-refractivity contribution in [3.05, 3.63) is 44.6 Å². The Bertz CT molecular complexity index is 699. The van der Waals surface area contributed by atoms with Gasteiger partial charge in [-0.1, -0.05) is 6.07 Å². The first kappa shape index (κ1) is 13.4. The van der Waals surface area contributed by atoms with Crippen LogP contribution in [0.1, 0.15) is 9.67 Å². The number of carbonyl (C=O) groups is 1. The van der Waals surface area contributed by atoms with Gasteiger partial charge in [0.15, 0.2) is 11.5 Å². The second-order valence-electron chi connectivity index (χ2n) is 4.20. The maximum absolute atomic E-state index is 12.0. The van der Waals surface area contributed by atoms with Gasteiger partial charge in [0.05, 0.1) is 15.9 Å². The molecule has 1 aromatic carbocycles. The normalized spacial score (nSPS) is 12.8. The number of fused-ring (bicyclic) bond motifs is 1. The number of carbonyl (C=O) groups excluding carboxylic acids is 1. The first-order valence-electron chi connectivity index (χ1n) is 6.08. The predicted molar refractivity (Wildman–Crippen MR) is 76.4 cm³/mol. The lowest BCUT2D eigenvalue weighted by atomic mass is 10.2. The van der Waals surface area contributed by atoms with E-state index in [1.54, 1.807) is 17.5 Å². The van der Waals surface area contributed by atoms with Crippen molar-refractivity contribution >= 4 is 28.6 Å². The van der Waals surface area contributed by atoms with E-state index in [1.165, 1.54) is 23.5 Å². The average molecular weight is 306 g/mol. The maximum atomic E-state index is 12.0. The highest BCUT2D eigenvalue weighted by Crippen LogP contribution is 2.39. The highest BCUT2D eigenvalue weighted by atomic mass is 32.1. The van der Waals surface area contributed by atoms with Crippen LogP contribution in [-0.2, 0) is 0 Å².